The van der Waals surface area contributed by atoms with Gasteiger partial charge in [0.05, 0.1) is 0 Å². The number of aryl methyl sites for hydroxylation is 1. The van der Waals surface area contributed by atoms with Gasteiger partial charge >= 0.3 is 0 Å². The minimum absolute atomic E-state index is 0.0563. The number of ether oxygens (including phenoxy) is 1. The highest BCUT2D eigenvalue weighted by Crippen LogP contribution is 2.29. The van der Waals surface area contributed by atoms with Gasteiger partial charge in [0.15, 0.2) is 5.82 Å². The zero-order valence-corrected chi connectivity index (χ0v) is 12.7. The molecule has 122 valence electrons. The number of H-pyrrole nitrogens is 1. The topological polar surface area (TPSA) is 110 Å². The summed E-state index contributed by atoms with van der Waals surface area (Å²) in [5.41, 5.74) is -0.377. The zero-order chi connectivity index (χ0) is 16.2. The van der Waals surface area contributed by atoms with Crippen molar-refractivity contribution in [2.75, 3.05) is 13.2 Å². The average Bonchev–Trinajstić information content (AvgIpc) is 3.00. The molecule has 0 unspecified atom stereocenters. The Morgan fingerprint density at radius 1 is 1.43 bits per heavy atom. The second kappa shape index (κ2) is 6.74. The molecule has 0 aliphatic carbocycles. The fraction of sp³-hybridized carbons (Fsp3) is 0.467. The molecule has 8 heteroatoms. The van der Waals surface area contributed by atoms with Crippen LogP contribution in [0.4, 0.5) is 0 Å². The first-order valence-corrected chi connectivity index (χ1v) is 7.51. The van der Waals surface area contributed by atoms with Crippen molar-refractivity contribution in [1.29, 1.82) is 0 Å². The smallest absolute Gasteiger partial charge is 0.260 e. The van der Waals surface area contributed by atoms with E-state index >= 15 is 0 Å². The molecule has 0 bridgehead atoms. The van der Waals surface area contributed by atoms with Crippen molar-refractivity contribution in [1.82, 2.24) is 20.4 Å². The van der Waals surface area contributed by atoms with E-state index in [-0.39, 0.29) is 11.5 Å². The number of hydrogen-bond acceptors (Lipinski definition) is 6. The molecule has 1 saturated heterocycles. The SMILES string of the molecule is Cc1noc([C@H](NC(=O)c2ccc[nH]c2=O)C2CCOCC2)n1. The Labute approximate surface area is 132 Å². The summed E-state index contributed by atoms with van der Waals surface area (Å²) in [6.45, 7) is 2.96. The summed E-state index contributed by atoms with van der Waals surface area (Å²) in [6.07, 6.45) is 3.03. The quantitative estimate of drug-likeness (QED) is 0.869. The van der Waals surface area contributed by atoms with Crippen molar-refractivity contribution in [3.8, 4) is 0 Å². The number of nitrogens with zero attached hydrogens (tertiary/aromatic N) is 2. The first-order valence-electron chi connectivity index (χ1n) is 7.51. The lowest BCUT2D eigenvalue weighted by Crippen LogP contribution is -2.38. The van der Waals surface area contributed by atoms with Crippen LogP contribution in [-0.2, 0) is 4.74 Å². The van der Waals surface area contributed by atoms with E-state index in [9.17, 15) is 9.59 Å². The van der Waals surface area contributed by atoms with E-state index in [1.165, 1.54) is 12.3 Å². The van der Waals surface area contributed by atoms with Crippen molar-refractivity contribution >= 4 is 5.91 Å². The number of carbonyl (C=O) groups excluding carboxylic acids is 1. The van der Waals surface area contributed by atoms with Crippen LogP contribution >= 0.6 is 0 Å². The first-order chi connectivity index (χ1) is 11.1. The van der Waals surface area contributed by atoms with Gasteiger partial charge in [-0.2, -0.15) is 4.98 Å². The third-order valence-corrected chi connectivity index (χ3v) is 3.90. The van der Waals surface area contributed by atoms with E-state index in [1.807, 2.05) is 0 Å². The number of aromatic nitrogens is 3. The van der Waals surface area contributed by atoms with Gasteiger partial charge in [0.2, 0.25) is 5.89 Å². The Bertz CT molecular complexity index is 733. The molecule has 1 amide bonds. The van der Waals surface area contributed by atoms with E-state index in [1.54, 1.807) is 13.0 Å². The second-order valence-electron chi connectivity index (χ2n) is 5.49. The predicted octanol–water partition coefficient (Wildman–Crippen LogP) is 0.964. The average molecular weight is 318 g/mol. The molecule has 0 spiro atoms. The van der Waals surface area contributed by atoms with Crippen LogP contribution in [0.3, 0.4) is 0 Å². The van der Waals surface area contributed by atoms with E-state index in [2.05, 4.69) is 20.4 Å². The van der Waals surface area contributed by atoms with Crippen molar-refractivity contribution in [3.63, 3.8) is 0 Å². The van der Waals surface area contributed by atoms with Crippen LogP contribution in [0.15, 0.2) is 27.6 Å². The van der Waals surface area contributed by atoms with Gasteiger partial charge in [-0.1, -0.05) is 5.16 Å². The van der Waals surface area contributed by atoms with E-state index < -0.39 is 17.5 Å². The number of rotatable bonds is 4. The molecule has 1 aliphatic rings. The maximum absolute atomic E-state index is 12.4. The van der Waals surface area contributed by atoms with Gasteiger partial charge < -0.3 is 19.6 Å². The van der Waals surface area contributed by atoms with Crippen LogP contribution in [0.1, 0.15) is 41.0 Å². The van der Waals surface area contributed by atoms with Gasteiger partial charge in [-0.25, -0.2) is 0 Å². The standard InChI is InChI=1S/C15H18N4O4/c1-9-17-15(23-19-9)12(10-4-7-22-8-5-10)18-14(21)11-3-2-6-16-13(11)20/h2-3,6,10,12H,4-5,7-8H2,1H3,(H,16,20)(H,18,21)/t12-/m1/s1. The molecular weight excluding hydrogens is 300 g/mol. The lowest BCUT2D eigenvalue weighted by atomic mass is 9.91. The monoisotopic (exact) mass is 318 g/mol. The Hall–Kier alpha value is -2.48. The first kappa shape index (κ1) is 15.4. The zero-order valence-electron chi connectivity index (χ0n) is 12.7. The van der Waals surface area contributed by atoms with Gasteiger partial charge in [0.1, 0.15) is 11.6 Å². The van der Waals surface area contributed by atoms with Crippen LogP contribution in [0, 0.1) is 12.8 Å². The maximum Gasteiger partial charge on any atom is 0.260 e. The summed E-state index contributed by atoms with van der Waals surface area (Å²) >= 11 is 0. The molecule has 1 fully saturated rings. The summed E-state index contributed by atoms with van der Waals surface area (Å²) in [5.74, 6) is 0.522. The third-order valence-electron chi connectivity index (χ3n) is 3.90. The molecule has 0 saturated carbocycles. The fourth-order valence-electron chi connectivity index (χ4n) is 2.69. The van der Waals surface area contributed by atoms with E-state index in [0.29, 0.717) is 24.9 Å². The van der Waals surface area contributed by atoms with Crippen LogP contribution in [-0.4, -0.2) is 34.2 Å². The number of pyridine rings is 1. The van der Waals surface area contributed by atoms with Crippen LogP contribution in [0.25, 0.3) is 0 Å². The summed E-state index contributed by atoms with van der Waals surface area (Å²) in [6, 6.07) is 2.65. The number of aromatic amines is 1. The molecule has 3 heterocycles. The minimum Gasteiger partial charge on any atom is -0.381 e. The highest BCUT2D eigenvalue weighted by Gasteiger charge is 2.31. The van der Waals surface area contributed by atoms with Crippen molar-refractivity contribution in [3.05, 3.63) is 46.0 Å². The normalized spacial score (nSPS) is 16.9. The van der Waals surface area contributed by atoms with Gasteiger partial charge in [-0.3, -0.25) is 9.59 Å². The Morgan fingerprint density at radius 2 is 2.22 bits per heavy atom. The molecular formula is C15H18N4O4. The van der Waals surface area contributed by atoms with Crippen LogP contribution in [0.5, 0.6) is 0 Å². The largest absolute Gasteiger partial charge is 0.381 e. The van der Waals surface area contributed by atoms with Crippen molar-refractivity contribution in [2.45, 2.75) is 25.8 Å². The van der Waals surface area contributed by atoms with Crippen molar-refractivity contribution < 1.29 is 14.1 Å². The Morgan fingerprint density at radius 3 is 2.87 bits per heavy atom. The number of hydrogen-bond donors (Lipinski definition) is 2. The predicted molar refractivity (Wildman–Crippen MR) is 79.8 cm³/mol. The minimum atomic E-state index is -0.459. The maximum atomic E-state index is 12.4. The molecule has 3 rings (SSSR count). The summed E-state index contributed by atoms with van der Waals surface area (Å²) in [4.78, 5) is 30.9. The third kappa shape index (κ3) is 3.48. The van der Waals surface area contributed by atoms with Gasteiger partial charge in [-0.05, 0) is 37.8 Å². The highest BCUT2D eigenvalue weighted by atomic mass is 16.5. The molecule has 2 aromatic heterocycles. The van der Waals surface area contributed by atoms with Crippen LogP contribution < -0.4 is 10.9 Å². The summed E-state index contributed by atoms with van der Waals surface area (Å²) in [5, 5.41) is 6.66. The molecule has 0 aromatic carbocycles. The lowest BCUT2D eigenvalue weighted by Gasteiger charge is -2.28. The molecule has 2 N–H and O–H groups in total. The lowest BCUT2D eigenvalue weighted by molar-refractivity contribution is 0.0467. The molecule has 1 aliphatic heterocycles. The number of amides is 1. The molecule has 2 aromatic rings. The fourth-order valence-corrected chi connectivity index (χ4v) is 2.69. The molecule has 0 radical (unpaired) electrons. The second-order valence-corrected chi connectivity index (χ2v) is 5.49. The van der Waals surface area contributed by atoms with Crippen LogP contribution in [0.2, 0.25) is 0 Å². The van der Waals surface area contributed by atoms with Gasteiger partial charge in [-0.15, -0.1) is 0 Å². The highest BCUT2D eigenvalue weighted by molar-refractivity contribution is 5.93. The van der Waals surface area contributed by atoms with Gasteiger partial charge in [0, 0.05) is 19.4 Å². The number of carbonyl (C=O) groups is 1. The van der Waals surface area contributed by atoms with Crippen molar-refractivity contribution in [2.24, 2.45) is 5.92 Å². The van der Waals surface area contributed by atoms with Gasteiger partial charge in [0.25, 0.3) is 11.5 Å². The molecule has 8 nitrogen and oxygen atoms in total. The van der Waals surface area contributed by atoms with E-state index in [4.69, 9.17) is 9.26 Å². The molecule has 1 atom stereocenters. The summed E-state index contributed by atoms with van der Waals surface area (Å²) in [7, 11) is 0. The Kier molecular flexibility index (Phi) is 4.52. The Balaban J connectivity index is 1.85. The molecule has 23 heavy (non-hydrogen) atoms. The summed E-state index contributed by atoms with van der Waals surface area (Å²) < 4.78 is 10.6. The van der Waals surface area contributed by atoms with E-state index in [0.717, 1.165) is 12.8 Å². The number of nitrogens with one attached hydrogen (secondary N) is 2.